The van der Waals surface area contributed by atoms with Crippen molar-refractivity contribution >= 4 is 17.5 Å². The summed E-state index contributed by atoms with van der Waals surface area (Å²) in [6.07, 6.45) is 0. The molecule has 4 nitrogen and oxygen atoms in total. The summed E-state index contributed by atoms with van der Waals surface area (Å²) < 4.78 is 13.9. The molecule has 5 heteroatoms. The zero-order chi connectivity index (χ0) is 15.4. The van der Waals surface area contributed by atoms with Gasteiger partial charge in [0.05, 0.1) is 16.8 Å². The van der Waals surface area contributed by atoms with Crippen LogP contribution in [0.1, 0.15) is 26.3 Å². The standard InChI is InChI=1S/C16H15FN2O2/c1-10-6-5-8-12(14(10)17)16(21)19-13-9-4-3-7-11(13)15(20)18-2/h3-9H,1-2H3,(H,18,20)(H,19,21). The van der Waals surface area contributed by atoms with Crippen LogP contribution in [-0.2, 0) is 0 Å². The van der Waals surface area contributed by atoms with Crippen molar-refractivity contribution in [3.63, 3.8) is 0 Å². The van der Waals surface area contributed by atoms with Gasteiger partial charge in [0.2, 0.25) is 0 Å². The van der Waals surface area contributed by atoms with Crippen molar-refractivity contribution in [1.29, 1.82) is 0 Å². The first-order valence-electron chi connectivity index (χ1n) is 6.42. The van der Waals surface area contributed by atoms with Gasteiger partial charge in [-0.25, -0.2) is 4.39 Å². The maximum absolute atomic E-state index is 13.9. The minimum absolute atomic E-state index is 0.0540. The van der Waals surface area contributed by atoms with Crippen molar-refractivity contribution in [3.05, 3.63) is 65.0 Å². The molecule has 0 fully saturated rings. The van der Waals surface area contributed by atoms with Crippen LogP contribution >= 0.6 is 0 Å². The molecule has 0 heterocycles. The second kappa shape index (κ2) is 6.17. The van der Waals surface area contributed by atoms with Crippen LogP contribution in [0.15, 0.2) is 42.5 Å². The monoisotopic (exact) mass is 286 g/mol. The molecule has 0 aliphatic heterocycles. The number of hydrogen-bond acceptors (Lipinski definition) is 2. The third-order valence-corrected chi connectivity index (χ3v) is 3.08. The number of benzene rings is 2. The molecule has 2 amide bonds. The van der Waals surface area contributed by atoms with Gasteiger partial charge in [0, 0.05) is 7.05 Å². The summed E-state index contributed by atoms with van der Waals surface area (Å²) in [5.74, 6) is -1.48. The highest BCUT2D eigenvalue weighted by Gasteiger charge is 2.16. The Balaban J connectivity index is 2.32. The van der Waals surface area contributed by atoms with Crippen LogP contribution in [0.3, 0.4) is 0 Å². The van der Waals surface area contributed by atoms with E-state index in [1.165, 1.54) is 13.1 Å². The topological polar surface area (TPSA) is 58.2 Å². The van der Waals surface area contributed by atoms with E-state index in [0.29, 0.717) is 16.8 Å². The van der Waals surface area contributed by atoms with Gasteiger partial charge in [0.15, 0.2) is 0 Å². The number of halogens is 1. The minimum Gasteiger partial charge on any atom is -0.355 e. The number of aryl methyl sites for hydroxylation is 1. The maximum atomic E-state index is 13.9. The molecule has 0 unspecified atom stereocenters. The fourth-order valence-corrected chi connectivity index (χ4v) is 1.94. The number of anilines is 1. The van der Waals surface area contributed by atoms with E-state index in [2.05, 4.69) is 10.6 Å². The van der Waals surface area contributed by atoms with Gasteiger partial charge in [-0.3, -0.25) is 9.59 Å². The lowest BCUT2D eigenvalue weighted by Gasteiger charge is -2.11. The van der Waals surface area contributed by atoms with Crippen molar-refractivity contribution in [2.24, 2.45) is 0 Å². The van der Waals surface area contributed by atoms with Gasteiger partial charge in [-0.2, -0.15) is 0 Å². The number of amides is 2. The number of nitrogens with one attached hydrogen (secondary N) is 2. The zero-order valence-electron chi connectivity index (χ0n) is 11.7. The smallest absolute Gasteiger partial charge is 0.258 e. The van der Waals surface area contributed by atoms with E-state index in [4.69, 9.17) is 0 Å². The Bertz CT molecular complexity index is 698. The van der Waals surface area contributed by atoms with Crippen molar-refractivity contribution in [2.75, 3.05) is 12.4 Å². The van der Waals surface area contributed by atoms with Gasteiger partial charge in [-0.05, 0) is 30.7 Å². The molecule has 21 heavy (non-hydrogen) atoms. The molecule has 2 rings (SSSR count). The van der Waals surface area contributed by atoms with E-state index in [9.17, 15) is 14.0 Å². The molecule has 0 aliphatic carbocycles. The fourth-order valence-electron chi connectivity index (χ4n) is 1.94. The van der Waals surface area contributed by atoms with E-state index < -0.39 is 11.7 Å². The maximum Gasteiger partial charge on any atom is 0.258 e. The van der Waals surface area contributed by atoms with Crippen molar-refractivity contribution in [2.45, 2.75) is 6.92 Å². The van der Waals surface area contributed by atoms with Crippen molar-refractivity contribution < 1.29 is 14.0 Å². The Morgan fingerprint density at radius 1 is 0.952 bits per heavy atom. The number of rotatable bonds is 3. The molecule has 0 atom stereocenters. The Morgan fingerprint density at radius 2 is 1.62 bits per heavy atom. The molecule has 0 aliphatic rings. The fraction of sp³-hybridized carbons (Fsp3) is 0.125. The summed E-state index contributed by atoms with van der Waals surface area (Å²) >= 11 is 0. The van der Waals surface area contributed by atoms with Gasteiger partial charge in [-0.1, -0.05) is 24.3 Å². The second-order valence-corrected chi connectivity index (χ2v) is 4.52. The molecule has 0 aromatic heterocycles. The summed E-state index contributed by atoms with van der Waals surface area (Å²) in [5.41, 5.74) is 0.994. The first-order valence-corrected chi connectivity index (χ1v) is 6.42. The van der Waals surface area contributed by atoms with Crippen LogP contribution in [-0.4, -0.2) is 18.9 Å². The molecule has 2 aromatic rings. The summed E-state index contributed by atoms with van der Waals surface area (Å²) in [5, 5.41) is 5.06. The predicted molar refractivity (Wildman–Crippen MR) is 78.9 cm³/mol. The molecule has 0 spiro atoms. The summed E-state index contributed by atoms with van der Waals surface area (Å²) in [6.45, 7) is 1.59. The quantitative estimate of drug-likeness (QED) is 0.911. The van der Waals surface area contributed by atoms with Crippen LogP contribution in [0.4, 0.5) is 10.1 Å². The highest BCUT2D eigenvalue weighted by Crippen LogP contribution is 2.18. The van der Waals surface area contributed by atoms with Crippen molar-refractivity contribution in [1.82, 2.24) is 5.32 Å². The van der Waals surface area contributed by atoms with Crippen LogP contribution in [0.2, 0.25) is 0 Å². The van der Waals surface area contributed by atoms with Crippen LogP contribution < -0.4 is 10.6 Å². The number of carbonyl (C=O) groups is 2. The Kier molecular flexibility index (Phi) is 4.33. The van der Waals surface area contributed by atoms with Gasteiger partial charge in [0.25, 0.3) is 11.8 Å². The minimum atomic E-state index is -0.590. The largest absolute Gasteiger partial charge is 0.355 e. The van der Waals surface area contributed by atoms with Crippen LogP contribution in [0.5, 0.6) is 0 Å². The van der Waals surface area contributed by atoms with E-state index in [1.54, 1.807) is 43.3 Å². The van der Waals surface area contributed by atoms with Gasteiger partial charge in [0.1, 0.15) is 5.82 Å². The lowest BCUT2D eigenvalue weighted by Crippen LogP contribution is -2.22. The summed E-state index contributed by atoms with van der Waals surface area (Å²) in [7, 11) is 1.50. The first-order chi connectivity index (χ1) is 10.0. The lowest BCUT2D eigenvalue weighted by atomic mass is 10.1. The van der Waals surface area contributed by atoms with E-state index >= 15 is 0 Å². The molecule has 0 saturated carbocycles. The number of hydrogen-bond donors (Lipinski definition) is 2. The molecule has 2 aromatic carbocycles. The third-order valence-electron chi connectivity index (χ3n) is 3.08. The van der Waals surface area contributed by atoms with Gasteiger partial charge >= 0.3 is 0 Å². The molecular weight excluding hydrogens is 271 g/mol. The molecule has 0 radical (unpaired) electrons. The predicted octanol–water partition coefficient (Wildman–Crippen LogP) is 2.75. The van der Waals surface area contributed by atoms with Crippen LogP contribution in [0.25, 0.3) is 0 Å². The Morgan fingerprint density at radius 3 is 2.33 bits per heavy atom. The molecular formula is C16H15FN2O2. The highest BCUT2D eigenvalue weighted by atomic mass is 19.1. The normalized spacial score (nSPS) is 10.0. The first kappa shape index (κ1) is 14.7. The van der Waals surface area contributed by atoms with Crippen LogP contribution in [0, 0.1) is 12.7 Å². The average Bonchev–Trinajstić information content (AvgIpc) is 2.49. The average molecular weight is 286 g/mol. The number of para-hydroxylation sites is 1. The van der Waals surface area contributed by atoms with E-state index in [0.717, 1.165) is 0 Å². The molecule has 108 valence electrons. The van der Waals surface area contributed by atoms with Gasteiger partial charge < -0.3 is 10.6 Å². The summed E-state index contributed by atoms with van der Waals surface area (Å²) in [6, 6.07) is 11.2. The van der Waals surface area contributed by atoms with E-state index in [-0.39, 0.29) is 11.5 Å². The highest BCUT2D eigenvalue weighted by molar-refractivity contribution is 6.09. The SMILES string of the molecule is CNC(=O)c1ccccc1NC(=O)c1cccc(C)c1F. The van der Waals surface area contributed by atoms with E-state index in [1.807, 2.05) is 0 Å². The Labute approximate surface area is 122 Å². The van der Waals surface area contributed by atoms with Gasteiger partial charge in [-0.15, -0.1) is 0 Å². The Hall–Kier alpha value is -2.69. The number of carbonyl (C=O) groups excluding carboxylic acids is 2. The molecule has 0 saturated heterocycles. The molecule has 0 bridgehead atoms. The third kappa shape index (κ3) is 3.08. The zero-order valence-corrected chi connectivity index (χ0v) is 11.7. The molecule has 2 N–H and O–H groups in total. The lowest BCUT2D eigenvalue weighted by molar-refractivity contribution is 0.0964. The second-order valence-electron chi connectivity index (χ2n) is 4.52. The van der Waals surface area contributed by atoms with Crippen molar-refractivity contribution in [3.8, 4) is 0 Å². The summed E-state index contributed by atoms with van der Waals surface area (Å²) in [4.78, 5) is 23.9.